The number of nitrogens with zero attached hydrogens (tertiary/aromatic N) is 1. The molecule has 0 amide bonds. The Morgan fingerprint density at radius 3 is 2.25 bits per heavy atom. The van der Waals surface area contributed by atoms with Crippen LogP contribution < -0.4 is 0 Å². The third-order valence-corrected chi connectivity index (χ3v) is 1.91. The fourth-order valence-electron chi connectivity index (χ4n) is 1.08. The van der Waals surface area contributed by atoms with Gasteiger partial charge < -0.3 is 5.11 Å². The Morgan fingerprint density at radius 2 is 1.92 bits per heavy atom. The molecule has 12 heavy (non-hydrogen) atoms. The standard InChI is InChI=1S/C9H19NO.Nd/c1-5-7-9(4,11)8(3)10-6-2;/h11H,5-7H2,1-4H3;. The van der Waals surface area contributed by atoms with Crippen molar-refractivity contribution in [1.29, 1.82) is 0 Å². The fraction of sp³-hybridized carbons (Fsp3) is 0.889. The minimum Gasteiger partial charge on any atom is -0.384 e. The van der Waals surface area contributed by atoms with E-state index < -0.39 is 5.60 Å². The molecule has 0 aliphatic heterocycles. The number of aliphatic imine (C=N–C) groups is 1. The van der Waals surface area contributed by atoms with Gasteiger partial charge in [0.1, 0.15) is 0 Å². The van der Waals surface area contributed by atoms with Gasteiger partial charge >= 0.3 is 0 Å². The molecule has 1 N–H and O–H groups in total. The zero-order valence-corrected chi connectivity index (χ0v) is 11.7. The van der Waals surface area contributed by atoms with Crippen LogP contribution in [0.1, 0.15) is 40.5 Å². The quantitative estimate of drug-likeness (QED) is 0.792. The third-order valence-electron chi connectivity index (χ3n) is 1.91. The van der Waals surface area contributed by atoms with E-state index in [4.69, 9.17) is 0 Å². The summed E-state index contributed by atoms with van der Waals surface area (Å²) in [6.07, 6.45) is 1.78. The van der Waals surface area contributed by atoms with Crippen molar-refractivity contribution in [2.45, 2.75) is 46.1 Å². The van der Waals surface area contributed by atoms with Crippen molar-refractivity contribution in [2.24, 2.45) is 4.99 Å². The molecule has 3 heteroatoms. The van der Waals surface area contributed by atoms with E-state index in [-0.39, 0.29) is 40.8 Å². The average molecular weight is 301 g/mol. The van der Waals surface area contributed by atoms with Gasteiger partial charge in [-0.05, 0) is 27.2 Å². The molecule has 2 nitrogen and oxygen atoms in total. The Balaban J connectivity index is 0. The minimum absolute atomic E-state index is 0. The topological polar surface area (TPSA) is 32.6 Å². The van der Waals surface area contributed by atoms with Crippen LogP contribution >= 0.6 is 0 Å². The van der Waals surface area contributed by atoms with Crippen LogP contribution in [0.15, 0.2) is 4.99 Å². The van der Waals surface area contributed by atoms with E-state index in [2.05, 4.69) is 11.9 Å². The third kappa shape index (κ3) is 5.60. The van der Waals surface area contributed by atoms with Gasteiger partial charge in [0.15, 0.2) is 0 Å². The van der Waals surface area contributed by atoms with Crippen molar-refractivity contribution in [1.82, 2.24) is 0 Å². The summed E-state index contributed by atoms with van der Waals surface area (Å²) in [6, 6.07) is 0. The summed E-state index contributed by atoms with van der Waals surface area (Å²) >= 11 is 0. The van der Waals surface area contributed by atoms with Crippen molar-refractivity contribution in [2.75, 3.05) is 6.54 Å². The van der Waals surface area contributed by atoms with Crippen molar-refractivity contribution >= 4 is 5.71 Å². The Bertz CT molecular complexity index is 143. The molecule has 0 aromatic carbocycles. The van der Waals surface area contributed by atoms with Crippen LogP contribution in [0.25, 0.3) is 0 Å². The SMILES string of the molecule is CCCC(C)(O)C(C)=NCC.[Nd]. The second-order valence-electron chi connectivity index (χ2n) is 3.08. The molecule has 0 fully saturated rings. The number of hydrogen-bond acceptors (Lipinski definition) is 2. The summed E-state index contributed by atoms with van der Waals surface area (Å²) in [4.78, 5) is 4.18. The van der Waals surface area contributed by atoms with E-state index >= 15 is 0 Å². The predicted molar refractivity (Wildman–Crippen MR) is 49.2 cm³/mol. The van der Waals surface area contributed by atoms with Gasteiger partial charge in [0.25, 0.3) is 0 Å². The first-order valence-corrected chi connectivity index (χ1v) is 4.28. The molecule has 70 valence electrons. The summed E-state index contributed by atoms with van der Waals surface area (Å²) in [6.45, 7) is 8.51. The van der Waals surface area contributed by atoms with E-state index in [1.54, 1.807) is 0 Å². The second-order valence-corrected chi connectivity index (χ2v) is 3.08. The molecule has 0 heterocycles. The Hall–Kier alpha value is 0.981. The number of aliphatic hydroxyl groups is 1. The molecule has 0 aliphatic rings. The number of rotatable bonds is 4. The zero-order chi connectivity index (χ0) is 8.91. The summed E-state index contributed by atoms with van der Waals surface area (Å²) in [7, 11) is 0. The van der Waals surface area contributed by atoms with Crippen LogP contribution in [-0.2, 0) is 0 Å². The van der Waals surface area contributed by atoms with Gasteiger partial charge in [0.2, 0.25) is 0 Å². The first-order chi connectivity index (χ1) is 5.04. The van der Waals surface area contributed by atoms with Crippen LogP contribution in [0.2, 0.25) is 0 Å². The zero-order valence-electron chi connectivity index (χ0n) is 8.52. The molecule has 1 unspecified atom stereocenters. The van der Waals surface area contributed by atoms with Gasteiger partial charge in [0.05, 0.1) is 5.60 Å². The molecule has 0 bridgehead atoms. The van der Waals surface area contributed by atoms with Crippen LogP contribution in [0, 0.1) is 40.8 Å². The van der Waals surface area contributed by atoms with Crippen molar-refractivity contribution < 1.29 is 45.9 Å². The predicted octanol–water partition coefficient (Wildman–Crippen LogP) is 2.02. The Labute approximate surface area is 108 Å². The molecule has 0 saturated carbocycles. The van der Waals surface area contributed by atoms with Gasteiger partial charge in [-0.3, -0.25) is 4.99 Å². The van der Waals surface area contributed by atoms with E-state index in [1.807, 2.05) is 20.8 Å². The second kappa shape index (κ2) is 7.39. The molecule has 0 rings (SSSR count). The van der Waals surface area contributed by atoms with Crippen molar-refractivity contribution in [3.63, 3.8) is 0 Å². The maximum absolute atomic E-state index is 9.78. The van der Waals surface area contributed by atoms with Crippen LogP contribution in [-0.4, -0.2) is 23.0 Å². The summed E-state index contributed by atoms with van der Waals surface area (Å²) in [5.74, 6) is 0. The van der Waals surface area contributed by atoms with Crippen LogP contribution in [0.4, 0.5) is 0 Å². The number of hydrogen-bond donors (Lipinski definition) is 1. The molecular formula is C9H19NNdO. The molecule has 1 atom stereocenters. The monoisotopic (exact) mass is 299 g/mol. The first-order valence-electron chi connectivity index (χ1n) is 4.28. The van der Waals surface area contributed by atoms with Gasteiger partial charge in [-0.25, -0.2) is 0 Å². The van der Waals surface area contributed by atoms with Gasteiger partial charge in [0, 0.05) is 53.1 Å². The van der Waals surface area contributed by atoms with Gasteiger partial charge in [-0.1, -0.05) is 13.3 Å². The summed E-state index contributed by atoms with van der Waals surface area (Å²) < 4.78 is 0. The first kappa shape index (κ1) is 15.5. The minimum atomic E-state index is -0.690. The molecule has 0 radical (unpaired) electrons. The normalized spacial score (nSPS) is 16.6. The molecule has 0 saturated heterocycles. The van der Waals surface area contributed by atoms with E-state index in [1.165, 1.54) is 0 Å². The Kier molecular flexibility index (Phi) is 9.52. The summed E-state index contributed by atoms with van der Waals surface area (Å²) in [5, 5.41) is 9.78. The molecule has 0 aromatic heterocycles. The van der Waals surface area contributed by atoms with E-state index in [0.717, 1.165) is 25.1 Å². The average Bonchev–Trinajstić information content (AvgIpc) is 1.88. The van der Waals surface area contributed by atoms with Gasteiger partial charge in [-0.15, -0.1) is 0 Å². The molecule has 0 spiro atoms. The molecule has 0 aromatic rings. The van der Waals surface area contributed by atoms with E-state index in [0.29, 0.717) is 0 Å². The van der Waals surface area contributed by atoms with Crippen LogP contribution in [0.3, 0.4) is 0 Å². The largest absolute Gasteiger partial charge is 0.384 e. The van der Waals surface area contributed by atoms with Gasteiger partial charge in [-0.2, -0.15) is 0 Å². The molecule has 0 aliphatic carbocycles. The fourth-order valence-corrected chi connectivity index (χ4v) is 1.08. The van der Waals surface area contributed by atoms with E-state index in [9.17, 15) is 5.11 Å². The summed E-state index contributed by atoms with van der Waals surface area (Å²) in [5.41, 5.74) is 0.159. The smallest absolute Gasteiger partial charge is 0.0991 e. The van der Waals surface area contributed by atoms with Crippen LogP contribution in [0.5, 0.6) is 0 Å². The maximum atomic E-state index is 9.78. The maximum Gasteiger partial charge on any atom is 0.0991 e. The van der Waals surface area contributed by atoms with Crippen molar-refractivity contribution in [3.05, 3.63) is 0 Å². The molecular weight excluding hydrogens is 282 g/mol. The van der Waals surface area contributed by atoms with Crippen molar-refractivity contribution in [3.8, 4) is 0 Å². The Morgan fingerprint density at radius 1 is 1.42 bits per heavy atom.